The van der Waals surface area contributed by atoms with Gasteiger partial charge < -0.3 is 44.0 Å². The van der Waals surface area contributed by atoms with E-state index in [2.05, 4.69) is 15.6 Å². The van der Waals surface area contributed by atoms with Crippen LogP contribution in [0.25, 0.3) is 11.4 Å². The van der Waals surface area contributed by atoms with Gasteiger partial charge in [0.2, 0.25) is 8.03 Å². The van der Waals surface area contributed by atoms with E-state index in [1.807, 2.05) is 17.9 Å². The number of carbonyl (C=O) groups is 5. The molecule has 2 fully saturated rings. The molecule has 2 aromatic rings. The third-order valence-corrected chi connectivity index (χ3v) is 9.80. The number of methoxy groups -OCH3 is 1. The van der Waals surface area contributed by atoms with Crippen LogP contribution in [0.3, 0.4) is 0 Å². The first-order chi connectivity index (χ1) is 27.3. The average Bonchev–Trinajstić information content (AvgIpc) is 3.66. The van der Waals surface area contributed by atoms with Gasteiger partial charge in [0, 0.05) is 57.6 Å². The largest absolute Gasteiger partial charge is 0.513 e. The van der Waals surface area contributed by atoms with Crippen molar-refractivity contribution in [3.63, 3.8) is 0 Å². The quantitative estimate of drug-likeness (QED) is 0.0709. The Morgan fingerprint density at radius 1 is 0.965 bits per heavy atom. The lowest BCUT2D eigenvalue weighted by Crippen LogP contribution is -2.61. The molecule has 4 atom stereocenters. The number of aromatic nitrogens is 2. The molecule has 0 spiro atoms. The Kier molecular flexibility index (Phi) is 17.5. The van der Waals surface area contributed by atoms with Crippen LogP contribution in [0, 0.1) is 0 Å². The summed E-state index contributed by atoms with van der Waals surface area (Å²) in [5.74, 6) is -0.834. The molecule has 0 saturated carbocycles. The number of anilines is 1. The van der Waals surface area contributed by atoms with Crippen LogP contribution >= 0.6 is 8.03 Å². The predicted octanol–water partition coefficient (Wildman–Crippen LogP) is 4.14. The molecular formula is C37H53N6O13P. The van der Waals surface area contributed by atoms with E-state index in [1.54, 1.807) is 59.1 Å². The van der Waals surface area contributed by atoms with Crippen LogP contribution in [0.1, 0.15) is 64.4 Å². The molecule has 2 saturated heterocycles. The normalized spacial score (nSPS) is 17.9. The molecule has 314 valence electrons. The summed E-state index contributed by atoms with van der Waals surface area (Å²) in [5.41, 5.74) is 0.527. The van der Waals surface area contributed by atoms with Gasteiger partial charge in [-0.2, -0.15) is 0 Å². The van der Waals surface area contributed by atoms with Crippen molar-refractivity contribution in [3.05, 3.63) is 42.1 Å². The van der Waals surface area contributed by atoms with E-state index in [-0.39, 0.29) is 37.3 Å². The molecule has 1 aromatic carbocycles. The number of carbonyl (C=O) groups excluding carboxylic acids is 5. The van der Waals surface area contributed by atoms with Gasteiger partial charge in [0.15, 0.2) is 11.6 Å². The number of rotatable bonds is 18. The highest BCUT2D eigenvalue weighted by Crippen LogP contribution is 2.29. The second-order valence-corrected chi connectivity index (χ2v) is 15.1. The molecule has 4 rings (SSSR count). The van der Waals surface area contributed by atoms with Gasteiger partial charge in [-0.3, -0.25) is 23.6 Å². The highest BCUT2D eigenvalue weighted by Gasteiger charge is 2.39. The van der Waals surface area contributed by atoms with Crippen molar-refractivity contribution in [2.45, 2.75) is 90.8 Å². The van der Waals surface area contributed by atoms with E-state index in [0.717, 1.165) is 12.8 Å². The van der Waals surface area contributed by atoms with Gasteiger partial charge in [-0.15, -0.1) is 0 Å². The molecule has 0 bridgehead atoms. The molecule has 2 aliphatic heterocycles. The minimum absolute atomic E-state index is 0.00175. The van der Waals surface area contributed by atoms with Crippen molar-refractivity contribution in [1.82, 2.24) is 25.5 Å². The number of amides is 2. The number of nitrogens with zero attached hydrogens (tertiary/aromatic N) is 4. The zero-order valence-electron chi connectivity index (χ0n) is 33.1. The minimum Gasteiger partial charge on any atom is -0.449 e. The van der Waals surface area contributed by atoms with Crippen LogP contribution in [0.4, 0.5) is 20.2 Å². The van der Waals surface area contributed by atoms with Gasteiger partial charge in [0.25, 0.3) is 5.91 Å². The monoisotopic (exact) mass is 820 g/mol. The van der Waals surface area contributed by atoms with Gasteiger partial charge in [-0.05, 0) is 40.5 Å². The second kappa shape index (κ2) is 22.2. The molecule has 57 heavy (non-hydrogen) atoms. The number of Topliss-reactive ketones (excluding diaryl/α,β-unsaturated/α-hetero) is 1. The summed E-state index contributed by atoms with van der Waals surface area (Å²) in [6.07, 6.45) is -3.21. The number of piperazine rings is 1. The zero-order valence-corrected chi connectivity index (χ0v) is 34.1. The van der Waals surface area contributed by atoms with Crippen molar-refractivity contribution in [2.24, 2.45) is 0 Å². The molecular weight excluding hydrogens is 767 g/mol. The predicted molar refractivity (Wildman–Crippen MR) is 205 cm³/mol. The molecule has 20 heteroatoms. The fourth-order valence-electron chi connectivity index (χ4n) is 5.80. The molecule has 1 aromatic heterocycles. The maximum Gasteiger partial charge on any atom is 0.513 e. The second-order valence-electron chi connectivity index (χ2n) is 13.8. The lowest BCUT2D eigenvalue weighted by Gasteiger charge is -2.36. The highest BCUT2D eigenvalue weighted by atomic mass is 31.1. The third-order valence-electron chi connectivity index (χ3n) is 8.61. The smallest absolute Gasteiger partial charge is 0.449 e. The number of hydrogen-bond donors (Lipinski definition) is 2. The molecule has 2 aliphatic rings. The summed E-state index contributed by atoms with van der Waals surface area (Å²) in [6, 6.07) is 7.76. The Hall–Kier alpha value is -4.84. The van der Waals surface area contributed by atoms with E-state index in [4.69, 9.17) is 37.9 Å². The van der Waals surface area contributed by atoms with Crippen LogP contribution in [0.15, 0.2) is 36.4 Å². The summed E-state index contributed by atoms with van der Waals surface area (Å²) in [7, 11) is -1.92. The van der Waals surface area contributed by atoms with E-state index in [0.29, 0.717) is 37.4 Å². The Morgan fingerprint density at radius 2 is 1.65 bits per heavy atom. The lowest BCUT2D eigenvalue weighted by atomic mass is 10.0. The summed E-state index contributed by atoms with van der Waals surface area (Å²) in [6.45, 7) is 7.63. The van der Waals surface area contributed by atoms with Gasteiger partial charge in [-0.25, -0.2) is 24.4 Å². The number of ketones is 1. The average molecular weight is 821 g/mol. The maximum atomic E-state index is 14.4. The number of nitrogens with one attached hydrogen (secondary N) is 2. The van der Waals surface area contributed by atoms with Crippen molar-refractivity contribution in [1.29, 1.82) is 0 Å². The number of ether oxygens (including phenoxy) is 6. The van der Waals surface area contributed by atoms with Crippen LogP contribution in [0.5, 0.6) is 0 Å². The summed E-state index contributed by atoms with van der Waals surface area (Å²) in [5, 5.41) is 5.73. The van der Waals surface area contributed by atoms with Gasteiger partial charge in [0.1, 0.15) is 17.6 Å². The van der Waals surface area contributed by atoms with Crippen molar-refractivity contribution < 1.29 is 61.5 Å². The van der Waals surface area contributed by atoms with Crippen LogP contribution in [-0.2, 0) is 42.3 Å². The first-order valence-corrected chi connectivity index (χ1v) is 20.4. The Bertz CT molecular complexity index is 1680. The molecule has 0 aliphatic carbocycles. The summed E-state index contributed by atoms with van der Waals surface area (Å²) in [4.78, 5) is 78.9. The Labute approximate surface area is 332 Å². The van der Waals surface area contributed by atoms with Gasteiger partial charge in [-0.1, -0.05) is 43.7 Å². The number of hydrogen-bond acceptors (Lipinski definition) is 17. The van der Waals surface area contributed by atoms with Crippen LogP contribution in [-0.4, -0.2) is 134 Å². The third kappa shape index (κ3) is 13.9. The van der Waals surface area contributed by atoms with E-state index >= 15 is 0 Å². The highest BCUT2D eigenvalue weighted by molar-refractivity contribution is 7.39. The van der Waals surface area contributed by atoms with Crippen LogP contribution in [0.2, 0.25) is 0 Å². The van der Waals surface area contributed by atoms with Gasteiger partial charge in [0.05, 0.1) is 31.0 Å². The molecule has 4 unspecified atom stereocenters. The van der Waals surface area contributed by atoms with E-state index in [1.165, 1.54) is 11.0 Å². The fraction of sp³-hybridized carbons (Fsp3) is 0.595. The topological polar surface area (TPSA) is 223 Å². The Morgan fingerprint density at radius 3 is 2.26 bits per heavy atom. The van der Waals surface area contributed by atoms with Crippen molar-refractivity contribution >= 4 is 43.9 Å². The minimum atomic E-state index is -3.54. The van der Waals surface area contributed by atoms with Crippen molar-refractivity contribution in [3.8, 4) is 11.4 Å². The molecule has 19 nitrogen and oxygen atoms in total. The first-order valence-electron chi connectivity index (χ1n) is 18.9. The van der Waals surface area contributed by atoms with Gasteiger partial charge >= 0.3 is 24.9 Å². The van der Waals surface area contributed by atoms with Crippen molar-refractivity contribution in [2.75, 3.05) is 57.5 Å². The SMILES string of the molecule is CCCCOC(=O)N1CCNCC1C(=O)C(C[PH](=O)OC(OC(=O)OC(C)C)OC(=O)OC(C)C)NC(=O)c1cc(N2CCC(OC)C2)nc(-c2ccccc2)n1. The fourth-order valence-corrected chi connectivity index (χ4v) is 6.84. The molecule has 2 N–H and O–H groups in total. The van der Waals surface area contributed by atoms with E-state index < -0.39 is 75.1 Å². The maximum absolute atomic E-state index is 14.4. The molecule has 2 amide bonds. The molecule has 0 radical (unpaired) electrons. The Balaban J connectivity index is 1.66. The van der Waals surface area contributed by atoms with Crippen LogP contribution < -0.4 is 15.5 Å². The lowest BCUT2D eigenvalue weighted by molar-refractivity contribution is -0.203. The summed E-state index contributed by atoms with van der Waals surface area (Å²) >= 11 is 0. The first kappa shape index (κ1) is 44.9. The zero-order chi connectivity index (χ0) is 41.5. The van der Waals surface area contributed by atoms with E-state index in [9.17, 15) is 28.5 Å². The number of benzene rings is 1. The summed E-state index contributed by atoms with van der Waals surface area (Å²) < 4.78 is 49.8. The number of unbranched alkanes of at least 4 members (excludes halogenated alkanes) is 1. The molecule has 3 heterocycles. The standard InChI is InChI=1S/C37H53N6O13P/c1-7-8-18-51-34(46)43-17-15-38-20-29(43)31(44)28(22-57(49)56-37(54-35(47)52-23(2)3)55-36(48)53-24(4)5)40-33(45)27-19-30(42-16-14-26(21-42)50-6)41-32(39-27)25-12-10-9-11-13-25/h9-13,19,23-24,26,28-29,37-38,57H,7-8,14-18,20-22H2,1-6H3,(H,40,45).